The number of carbonyl (C=O) groups excluding carboxylic acids is 1. The number of halogens is 3. The van der Waals surface area contributed by atoms with Crippen LogP contribution < -0.4 is 0 Å². The molecule has 0 N–H and O–H groups in total. The minimum Gasteiger partial charge on any atom is -0.294 e. The van der Waals surface area contributed by atoms with Gasteiger partial charge in [0.05, 0.1) is 10.0 Å². The van der Waals surface area contributed by atoms with Crippen molar-refractivity contribution in [3.05, 3.63) is 33.8 Å². The Morgan fingerprint density at radius 3 is 2.53 bits per heavy atom. The minimum absolute atomic E-state index is 0.0498. The lowest BCUT2D eigenvalue weighted by molar-refractivity contribution is 0.0965. The first-order valence-electron chi connectivity index (χ1n) is 6.75. The predicted molar refractivity (Wildman–Crippen MR) is 74.2 cm³/mol. The molecule has 0 heterocycles. The maximum atomic E-state index is 13.6. The standard InChI is InChI=1S/C15H17BrF2O/c16-12-9-13(17)11(8-14(12)18)15(19)7-6-10-4-2-1-3-5-10/h8-10H,1-7H2. The van der Waals surface area contributed by atoms with Gasteiger partial charge in [-0.2, -0.15) is 0 Å². The lowest BCUT2D eigenvalue weighted by atomic mass is 9.85. The van der Waals surface area contributed by atoms with Crippen LogP contribution in [0.2, 0.25) is 0 Å². The molecule has 0 aromatic heterocycles. The van der Waals surface area contributed by atoms with E-state index in [0.717, 1.165) is 31.4 Å². The second-order valence-electron chi connectivity index (χ2n) is 5.21. The third kappa shape index (κ3) is 3.85. The highest BCUT2D eigenvalue weighted by molar-refractivity contribution is 9.10. The van der Waals surface area contributed by atoms with Crippen molar-refractivity contribution >= 4 is 21.7 Å². The molecule has 0 spiro atoms. The molecule has 0 atom stereocenters. The number of benzene rings is 1. The molecule has 2 rings (SSSR count). The summed E-state index contributed by atoms with van der Waals surface area (Å²) in [6.07, 6.45) is 7.13. The monoisotopic (exact) mass is 330 g/mol. The van der Waals surface area contributed by atoms with E-state index < -0.39 is 11.6 Å². The molecular formula is C15H17BrF2O. The average molecular weight is 331 g/mol. The fourth-order valence-electron chi connectivity index (χ4n) is 2.68. The SMILES string of the molecule is O=C(CCC1CCCCC1)c1cc(F)c(Br)cc1F. The Labute approximate surface area is 120 Å². The maximum absolute atomic E-state index is 13.6. The Kier molecular flexibility index (Phi) is 5.08. The van der Waals surface area contributed by atoms with Crippen molar-refractivity contribution in [3.63, 3.8) is 0 Å². The van der Waals surface area contributed by atoms with E-state index >= 15 is 0 Å². The van der Waals surface area contributed by atoms with Crippen LogP contribution in [0.1, 0.15) is 55.3 Å². The topological polar surface area (TPSA) is 17.1 Å². The van der Waals surface area contributed by atoms with Gasteiger partial charge in [-0.05, 0) is 40.4 Å². The number of ketones is 1. The number of rotatable bonds is 4. The van der Waals surface area contributed by atoms with Crippen LogP contribution in [-0.2, 0) is 0 Å². The van der Waals surface area contributed by atoms with Gasteiger partial charge in [0.1, 0.15) is 11.6 Å². The number of hydrogen-bond acceptors (Lipinski definition) is 1. The normalized spacial score (nSPS) is 16.6. The molecule has 0 unspecified atom stereocenters. The van der Waals surface area contributed by atoms with Crippen LogP contribution in [0.15, 0.2) is 16.6 Å². The molecule has 104 valence electrons. The first-order chi connectivity index (χ1) is 9.08. The second-order valence-corrected chi connectivity index (χ2v) is 6.07. The molecule has 19 heavy (non-hydrogen) atoms. The first-order valence-corrected chi connectivity index (χ1v) is 7.55. The summed E-state index contributed by atoms with van der Waals surface area (Å²) in [7, 11) is 0. The number of hydrogen-bond donors (Lipinski definition) is 0. The highest BCUT2D eigenvalue weighted by Gasteiger charge is 2.18. The zero-order valence-electron chi connectivity index (χ0n) is 10.7. The zero-order valence-corrected chi connectivity index (χ0v) is 12.3. The Hall–Kier alpha value is -0.770. The van der Waals surface area contributed by atoms with Gasteiger partial charge >= 0.3 is 0 Å². The van der Waals surface area contributed by atoms with E-state index in [2.05, 4.69) is 15.9 Å². The Bertz CT molecular complexity index is 467. The van der Waals surface area contributed by atoms with Gasteiger partial charge in [-0.25, -0.2) is 8.78 Å². The zero-order chi connectivity index (χ0) is 13.8. The van der Waals surface area contributed by atoms with Crippen molar-refractivity contribution in [1.29, 1.82) is 0 Å². The molecule has 0 saturated heterocycles. The summed E-state index contributed by atoms with van der Waals surface area (Å²) in [6.45, 7) is 0. The molecule has 0 radical (unpaired) electrons. The van der Waals surface area contributed by atoms with Crippen molar-refractivity contribution < 1.29 is 13.6 Å². The van der Waals surface area contributed by atoms with E-state index in [9.17, 15) is 13.6 Å². The Morgan fingerprint density at radius 1 is 1.16 bits per heavy atom. The van der Waals surface area contributed by atoms with Crippen LogP contribution in [0.25, 0.3) is 0 Å². The first kappa shape index (κ1) is 14.6. The van der Waals surface area contributed by atoms with Gasteiger partial charge in [-0.15, -0.1) is 0 Å². The lowest BCUT2D eigenvalue weighted by Crippen LogP contribution is -2.10. The third-order valence-electron chi connectivity index (χ3n) is 3.81. The molecule has 0 aliphatic heterocycles. The van der Waals surface area contributed by atoms with Crippen molar-refractivity contribution in [1.82, 2.24) is 0 Å². The largest absolute Gasteiger partial charge is 0.294 e. The fraction of sp³-hybridized carbons (Fsp3) is 0.533. The molecule has 1 aliphatic carbocycles. The van der Waals surface area contributed by atoms with Crippen LogP contribution in [0.3, 0.4) is 0 Å². The maximum Gasteiger partial charge on any atom is 0.165 e. The second kappa shape index (κ2) is 6.60. The molecule has 1 aliphatic rings. The Morgan fingerprint density at radius 2 is 1.84 bits per heavy atom. The molecule has 1 nitrogen and oxygen atoms in total. The van der Waals surface area contributed by atoms with E-state index in [1.807, 2.05) is 0 Å². The van der Waals surface area contributed by atoms with Crippen LogP contribution >= 0.6 is 15.9 Å². The van der Waals surface area contributed by atoms with Crippen molar-refractivity contribution in [2.24, 2.45) is 5.92 Å². The molecule has 1 aromatic carbocycles. The van der Waals surface area contributed by atoms with Gasteiger partial charge in [0.15, 0.2) is 5.78 Å². The summed E-state index contributed by atoms with van der Waals surface area (Å²) in [5.74, 6) is -0.972. The average Bonchev–Trinajstić information content (AvgIpc) is 2.41. The van der Waals surface area contributed by atoms with Crippen LogP contribution in [0, 0.1) is 17.6 Å². The van der Waals surface area contributed by atoms with Crippen LogP contribution in [0.4, 0.5) is 8.78 Å². The summed E-state index contributed by atoms with van der Waals surface area (Å²) >= 11 is 2.90. The van der Waals surface area contributed by atoms with Gasteiger partial charge in [-0.1, -0.05) is 32.1 Å². The molecule has 0 bridgehead atoms. The molecule has 1 fully saturated rings. The summed E-state index contributed by atoms with van der Waals surface area (Å²) in [6, 6.07) is 2.01. The van der Waals surface area contributed by atoms with E-state index in [1.165, 1.54) is 19.3 Å². The van der Waals surface area contributed by atoms with E-state index in [-0.39, 0.29) is 15.8 Å². The Balaban J connectivity index is 1.97. The third-order valence-corrected chi connectivity index (χ3v) is 4.42. The molecular weight excluding hydrogens is 314 g/mol. The van der Waals surface area contributed by atoms with E-state index in [1.54, 1.807) is 0 Å². The van der Waals surface area contributed by atoms with Gasteiger partial charge in [0.25, 0.3) is 0 Å². The summed E-state index contributed by atoms with van der Waals surface area (Å²) < 4.78 is 27.0. The molecule has 0 amide bonds. The number of Topliss-reactive ketones (excluding diaryl/α,β-unsaturated/α-hetero) is 1. The molecule has 1 saturated carbocycles. The van der Waals surface area contributed by atoms with Gasteiger partial charge in [-0.3, -0.25) is 4.79 Å². The summed E-state index contributed by atoms with van der Waals surface area (Å²) in [4.78, 5) is 11.9. The van der Waals surface area contributed by atoms with Gasteiger partial charge in [0.2, 0.25) is 0 Å². The van der Waals surface area contributed by atoms with Gasteiger partial charge in [0, 0.05) is 6.42 Å². The van der Waals surface area contributed by atoms with Gasteiger partial charge < -0.3 is 0 Å². The van der Waals surface area contributed by atoms with Crippen molar-refractivity contribution in [2.45, 2.75) is 44.9 Å². The highest BCUT2D eigenvalue weighted by Crippen LogP contribution is 2.28. The summed E-state index contributed by atoms with van der Waals surface area (Å²) in [5.41, 5.74) is -0.128. The smallest absolute Gasteiger partial charge is 0.165 e. The van der Waals surface area contributed by atoms with E-state index in [0.29, 0.717) is 12.3 Å². The fourth-order valence-corrected chi connectivity index (χ4v) is 3.00. The number of carbonyl (C=O) groups is 1. The quantitative estimate of drug-likeness (QED) is 0.542. The molecule has 1 aromatic rings. The summed E-state index contributed by atoms with van der Waals surface area (Å²) in [5, 5.41) is 0. The van der Waals surface area contributed by atoms with Crippen LogP contribution in [0.5, 0.6) is 0 Å². The van der Waals surface area contributed by atoms with Crippen molar-refractivity contribution in [2.75, 3.05) is 0 Å². The van der Waals surface area contributed by atoms with Crippen LogP contribution in [-0.4, -0.2) is 5.78 Å². The van der Waals surface area contributed by atoms with Crippen molar-refractivity contribution in [3.8, 4) is 0 Å². The predicted octanol–water partition coefficient (Wildman–Crippen LogP) is 5.27. The minimum atomic E-state index is -0.651. The lowest BCUT2D eigenvalue weighted by Gasteiger charge is -2.20. The molecule has 4 heteroatoms. The highest BCUT2D eigenvalue weighted by atomic mass is 79.9. The van der Waals surface area contributed by atoms with E-state index in [4.69, 9.17) is 0 Å².